The Kier molecular flexibility index (Phi) is 11.5. The van der Waals surface area contributed by atoms with Gasteiger partial charge < -0.3 is 29.6 Å². The van der Waals surface area contributed by atoms with Crippen molar-refractivity contribution in [2.75, 3.05) is 39.3 Å². The van der Waals surface area contributed by atoms with Crippen molar-refractivity contribution < 1.29 is 37.7 Å². The van der Waals surface area contributed by atoms with E-state index in [4.69, 9.17) is 18.9 Å². The van der Waals surface area contributed by atoms with Crippen LogP contribution in [0.1, 0.15) is 18.1 Å². The first-order valence-electron chi connectivity index (χ1n) is 12.6. The normalized spacial score (nSPS) is 10.5. The number of halogens is 1. The summed E-state index contributed by atoms with van der Waals surface area (Å²) < 4.78 is 34.7. The number of nitrogens with one attached hydrogen (secondary N) is 3. The Hall–Kier alpha value is -5.13. The molecule has 3 amide bonds. The molecule has 0 aromatic heterocycles. The molecule has 41 heavy (non-hydrogen) atoms. The summed E-state index contributed by atoms with van der Waals surface area (Å²) in [5.41, 5.74) is 4.06. The van der Waals surface area contributed by atoms with Crippen LogP contribution in [0, 0.1) is 5.82 Å². The lowest BCUT2D eigenvalue weighted by Crippen LogP contribution is -2.38. The fourth-order valence-electron chi connectivity index (χ4n) is 3.52. The summed E-state index contributed by atoms with van der Waals surface area (Å²) in [6.45, 7) is 2.04. The van der Waals surface area contributed by atoms with E-state index < -0.39 is 23.5 Å². The zero-order chi connectivity index (χ0) is 29.6. The van der Waals surface area contributed by atoms with Crippen LogP contribution in [-0.4, -0.2) is 57.9 Å². The third kappa shape index (κ3) is 9.53. The molecule has 11 nitrogen and oxygen atoms in total. The second-order valence-electron chi connectivity index (χ2n) is 8.38. The highest BCUT2D eigenvalue weighted by atomic mass is 19.1. The van der Waals surface area contributed by atoms with Crippen LogP contribution < -0.4 is 35.0 Å². The highest BCUT2D eigenvalue weighted by Crippen LogP contribution is 2.29. The van der Waals surface area contributed by atoms with E-state index in [1.165, 1.54) is 37.6 Å². The van der Waals surface area contributed by atoms with Crippen molar-refractivity contribution in [2.45, 2.75) is 13.3 Å². The Morgan fingerprint density at radius 2 is 1.59 bits per heavy atom. The van der Waals surface area contributed by atoms with E-state index in [0.717, 1.165) is 5.56 Å². The number of hydrogen-bond acceptors (Lipinski definition) is 8. The molecule has 0 aliphatic heterocycles. The molecule has 0 unspecified atom stereocenters. The molecule has 0 radical (unpaired) electrons. The molecular weight excluding hydrogens is 535 g/mol. The van der Waals surface area contributed by atoms with E-state index in [-0.39, 0.29) is 13.2 Å². The summed E-state index contributed by atoms with van der Waals surface area (Å²) in [5, 5.41) is 8.97. The molecule has 0 atom stereocenters. The van der Waals surface area contributed by atoms with Gasteiger partial charge in [0.05, 0.1) is 27.0 Å². The molecule has 0 fully saturated rings. The van der Waals surface area contributed by atoms with Gasteiger partial charge in [0.1, 0.15) is 5.82 Å². The van der Waals surface area contributed by atoms with E-state index in [1.807, 2.05) is 6.07 Å². The predicted molar refractivity (Wildman–Crippen MR) is 150 cm³/mol. The Bertz CT molecular complexity index is 1380. The molecule has 216 valence electrons. The molecule has 0 saturated carbocycles. The maximum Gasteiger partial charge on any atom is 0.329 e. The zero-order valence-corrected chi connectivity index (χ0v) is 22.9. The molecule has 0 heterocycles. The third-order valence-electron chi connectivity index (χ3n) is 5.49. The molecule has 0 saturated heterocycles. The van der Waals surface area contributed by atoms with Crippen molar-refractivity contribution in [3.05, 3.63) is 77.6 Å². The standard InChI is InChI=1S/C29H31FN4O7/c1-4-40-26-16-20(6-12-24(26)41-18-27(35)33-22-9-7-21(30)8-10-22)17-32-34-29(37)28(36)31-14-13-19-5-11-23(38-2)25(15-19)39-3/h5-12,15-17H,4,13-14,18H2,1-3H3,(H,31,36)(H,33,35)(H,34,37)/b32-17-. The van der Waals surface area contributed by atoms with Crippen molar-refractivity contribution in [3.63, 3.8) is 0 Å². The first-order chi connectivity index (χ1) is 19.8. The largest absolute Gasteiger partial charge is 0.493 e. The Labute approximate surface area is 236 Å². The van der Waals surface area contributed by atoms with Gasteiger partial charge in [0.15, 0.2) is 29.6 Å². The number of methoxy groups -OCH3 is 2. The third-order valence-corrected chi connectivity index (χ3v) is 5.49. The topological polar surface area (TPSA) is 137 Å². The molecule has 3 N–H and O–H groups in total. The van der Waals surface area contributed by atoms with Gasteiger partial charge in [0, 0.05) is 12.2 Å². The Morgan fingerprint density at radius 3 is 2.29 bits per heavy atom. The molecule has 0 spiro atoms. The number of benzene rings is 3. The maximum absolute atomic E-state index is 13.0. The maximum atomic E-state index is 13.0. The number of amides is 3. The van der Waals surface area contributed by atoms with Gasteiger partial charge in [0.2, 0.25) is 0 Å². The lowest BCUT2D eigenvalue weighted by molar-refractivity contribution is -0.139. The predicted octanol–water partition coefficient (Wildman–Crippen LogP) is 3.07. The van der Waals surface area contributed by atoms with Crippen LogP contribution in [0.5, 0.6) is 23.0 Å². The summed E-state index contributed by atoms with van der Waals surface area (Å²) in [5.74, 6) is -0.766. The van der Waals surface area contributed by atoms with Crippen LogP contribution in [0.25, 0.3) is 0 Å². The summed E-state index contributed by atoms with van der Waals surface area (Å²) in [6.07, 6.45) is 1.81. The van der Waals surface area contributed by atoms with Gasteiger partial charge >= 0.3 is 11.8 Å². The van der Waals surface area contributed by atoms with Crippen molar-refractivity contribution in [1.29, 1.82) is 0 Å². The van der Waals surface area contributed by atoms with E-state index in [9.17, 15) is 18.8 Å². The number of carbonyl (C=O) groups excluding carboxylic acids is 3. The minimum atomic E-state index is -0.925. The monoisotopic (exact) mass is 566 g/mol. The minimum Gasteiger partial charge on any atom is -0.493 e. The Morgan fingerprint density at radius 1 is 0.854 bits per heavy atom. The summed E-state index contributed by atoms with van der Waals surface area (Å²) in [4.78, 5) is 36.4. The van der Waals surface area contributed by atoms with Crippen LogP contribution in [0.15, 0.2) is 65.8 Å². The zero-order valence-electron chi connectivity index (χ0n) is 22.9. The SMILES string of the molecule is CCOc1cc(/C=N\NC(=O)C(=O)NCCc2ccc(OC)c(OC)c2)ccc1OCC(=O)Nc1ccc(F)cc1. The average molecular weight is 567 g/mol. The fraction of sp³-hybridized carbons (Fsp3) is 0.241. The van der Waals surface area contributed by atoms with Gasteiger partial charge in [-0.3, -0.25) is 14.4 Å². The fourth-order valence-corrected chi connectivity index (χ4v) is 3.52. The molecule has 12 heteroatoms. The van der Waals surface area contributed by atoms with Crippen molar-refractivity contribution in [1.82, 2.24) is 10.7 Å². The van der Waals surface area contributed by atoms with Gasteiger partial charge in [0.25, 0.3) is 5.91 Å². The number of hydrogen-bond donors (Lipinski definition) is 3. The van der Waals surface area contributed by atoms with Crippen LogP contribution >= 0.6 is 0 Å². The number of hydrazone groups is 1. The average Bonchev–Trinajstić information content (AvgIpc) is 2.97. The summed E-state index contributed by atoms with van der Waals surface area (Å²) in [7, 11) is 3.08. The van der Waals surface area contributed by atoms with Crippen LogP contribution in [-0.2, 0) is 20.8 Å². The van der Waals surface area contributed by atoms with Crippen LogP contribution in [0.4, 0.5) is 10.1 Å². The number of nitrogens with zero attached hydrogens (tertiary/aromatic N) is 1. The molecule has 3 aromatic rings. The first kappa shape index (κ1) is 30.4. The lowest BCUT2D eigenvalue weighted by atomic mass is 10.1. The highest BCUT2D eigenvalue weighted by Gasteiger charge is 2.13. The molecular formula is C29H31FN4O7. The van der Waals surface area contributed by atoms with Gasteiger partial charge in [-0.05, 0) is 79.1 Å². The number of ether oxygens (including phenoxy) is 4. The number of rotatable bonds is 13. The van der Waals surface area contributed by atoms with Crippen molar-refractivity contribution >= 4 is 29.6 Å². The van der Waals surface area contributed by atoms with Gasteiger partial charge in [-0.2, -0.15) is 5.10 Å². The number of anilines is 1. The summed E-state index contributed by atoms with van der Waals surface area (Å²) >= 11 is 0. The van der Waals surface area contributed by atoms with Crippen molar-refractivity contribution in [2.24, 2.45) is 5.10 Å². The summed E-state index contributed by atoms with van der Waals surface area (Å²) in [6, 6.07) is 15.6. The molecule has 3 rings (SSSR count). The second kappa shape index (κ2) is 15.5. The molecule has 0 aliphatic rings. The van der Waals surface area contributed by atoms with E-state index in [2.05, 4.69) is 21.2 Å². The smallest absolute Gasteiger partial charge is 0.329 e. The Balaban J connectivity index is 1.48. The number of carbonyl (C=O) groups is 3. The van der Waals surface area contributed by atoms with Gasteiger partial charge in [-0.1, -0.05) is 6.07 Å². The molecule has 0 aliphatic carbocycles. The molecule has 0 bridgehead atoms. The van der Waals surface area contributed by atoms with Gasteiger partial charge in [-0.15, -0.1) is 0 Å². The minimum absolute atomic E-state index is 0.229. The van der Waals surface area contributed by atoms with Crippen LogP contribution in [0.2, 0.25) is 0 Å². The van der Waals surface area contributed by atoms with Crippen molar-refractivity contribution in [3.8, 4) is 23.0 Å². The quantitative estimate of drug-likeness (QED) is 0.164. The van der Waals surface area contributed by atoms with E-state index in [0.29, 0.717) is 47.3 Å². The highest BCUT2D eigenvalue weighted by molar-refractivity contribution is 6.35. The second-order valence-corrected chi connectivity index (χ2v) is 8.38. The molecule has 3 aromatic carbocycles. The van der Waals surface area contributed by atoms with E-state index in [1.54, 1.807) is 44.4 Å². The van der Waals surface area contributed by atoms with Gasteiger partial charge in [-0.25, -0.2) is 9.82 Å². The lowest BCUT2D eigenvalue weighted by Gasteiger charge is -2.12. The van der Waals surface area contributed by atoms with E-state index >= 15 is 0 Å². The first-order valence-corrected chi connectivity index (χ1v) is 12.6. The van der Waals surface area contributed by atoms with Crippen LogP contribution in [0.3, 0.4) is 0 Å².